The molecular formula is C23H19N3O. The van der Waals surface area contributed by atoms with Gasteiger partial charge in [0, 0.05) is 24.2 Å². The van der Waals surface area contributed by atoms with E-state index in [2.05, 4.69) is 5.16 Å². The first-order valence-corrected chi connectivity index (χ1v) is 8.76. The molecule has 0 aliphatic carbocycles. The molecule has 4 aromatic rings. The maximum absolute atomic E-state index is 5.59. The Morgan fingerprint density at radius 3 is 2.07 bits per heavy atom. The van der Waals surface area contributed by atoms with Crippen molar-refractivity contribution in [2.45, 2.75) is 0 Å². The third-order valence-corrected chi connectivity index (χ3v) is 4.24. The number of aromatic nitrogens is 1. The summed E-state index contributed by atoms with van der Waals surface area (Å²) in [5, 5.41) is 11.0. The minimum atomic E-state index is 0.697. The summed E-state index contributed by atoms with van der Waals surface area (Å²) in [6, 6.07) is 31.9. The van der Waals surface area contributed by atoms with Crippen LogP contribution in [0.5, 0.6) is 0 Å². The van der Waals surface area contributed by atoms with Gasteiger partial charge in [-0.1, -0.05) is 84.0 Å². The third kappa shape index (κ3) is 3.80. The number of rotatable bonds is 5. The fourth-order valence-electron chi connectivity index (χ4n) is 2.83. The highest BCUT2D eigenvalue weighted by atomic mass is 16.5. The molecule has 1 heterocycles. The summed E-state index contributed by atoms with van der Waals surface area (Å²) >= 11 is 0. The van der Waals surface area contributed by atoms with E-state index >= 15 is 0 Å². The molecule has 0 radical (unpaired) electrons. The van der Waals surface area contributed by atoms with Crippen molar-refractivity contribution < 1.29 is 4.52 Å². The van der Waals surface area contributed by atoms with E-state index in [9.17, 15) is 0 Å². The normalized spacial score (nSPS) is 11.4. The lowest BCUT2D eigenvalue weighted by molar-refractivity contribution is 0.431. The van der Waals surface area contributed by atoms with E-state index in [-0.39, 0.29) is 0 Å². The van der Waals surface area contributed by atoms with Crippen molar-refractivity contribution in [3.8, 4) is 11.3 Å². The Morgan fingerprint density at radius 2 is 1.41 bits per heavy atom. The van der Waals surface area contributed by atoms with Crippen LogP contribution in [0.1, 0.15) is 11.3 Å². The van der Waals surface area contributed by atoms with Crippen LogP contribution in [0.3, 0.4) is 0 Å². The van der Waals surface area contributed by atoms with Crippen LogP contribution >= 0.6 is 0 Å². The third-order valence-electron chi connectivity index (χ3n) is 4.24. The molecule has 3 aromatic carbocycles. The van der Waals surface area contributed by atoms with Gasteiger partial charge in [-0.25, -0.2) is 0 Å². The second kappa shape index (κ2) is 7.70. The Morgan fingerprint density at radius 1 is 0.815 bits per heavy atom. The average Bonchev–Trinajstić information content (AvgIpc) is 3.24. The molecule has 0 unspecified atom stereocenters. The van der Waals surface area contributed by atoms with Crippen LogP contribution in [0.2, 0.25) is 0 Å². The predicted molar refractivity (Wildman–Crippen MR) is 109 cm³/mol. The van der Waals surface area contributed by atoms with Crippen molar-refractivity contribution in [1.82, 2.24) is 5.16 Å². The Balaban J connectivity index is 1.75. The molecule has 0 N–H and O–H groups in total. The van der Waals surface area contributed by atoms with Crippen molar-refractivity contribution in [2.75, 3.05) is 12.1 Å². The summed E-state index contributed by atoms with van der Waals surface area (Å²) in [5.41, 5.74) is 4.42. The average molecular weight is 353 g/mol. The summed E-state index contributed by atoms with van der Waals surface area (Å²) in [6.45, 7) is 0. The highest BCUT2D eigenvalue weighted by molar-refractivity contribution is 6.12. The van der Waals surface area contributed by atoms with E-state index in [4.69, 9.17) is 9.62 Å². The largest absolute Gasteiger partial charge is 0.356 e. The lowest BCUT2D eigenvalue weighted by Gasteiger charge is -2.15. The van der Waals surface area contributed by atoms with Gasteiger partial charge in [0.15, 0.2) is 5.76 Å². The second-order valence-corrected chi connectivity index (χ2v) is 6.12. The Labute approximate surface area is 158 Å². The fourth-order valence-corrected chi connectivity index (χ4v) is 2.83. The highest BCUT2D eigenvalue weighted by Gasteiger charge is 2.15. The van der Waals surface area contributed by atoms with Crippen LogP contribution in [0, 0.1) is 0 Å². The van der Waals surface area contributed by atoms with Gasteiger partial charge >= 0.3 is 0 Å². The van der Waals surface area contributed by atoms with Crippen LogP contribution in [0.4, 0.5) is 5.69 Å². The Hall–Kier alpha value is -3.66. The summed E-state index contributed by atoms with van der Waals surface area (Å²) in [4.78, 5) is 0. The van der Waals surface area contributed by atoms with Crippen molar-refractivity contribution in [2.24, 2.45) is 5.10 Å². The molecule has 0 amide bonds. The van der Waals surface area contributed by atoms with Crippen LogP contribution in [-0.4, -0.2) is 17.9 Å². The molecule has 4 heteroatoms. The van der Waals surface area contributed by atoms with Crippen molar-refractivity contribution in [3.63, 3.8) is 0 Å². The van der Waals surface area contributed by atoms with Gasteiger partial charge < -0.3 is 4.52 Å². The van der Waals surface area contributed by atoms with E-state index in [1.807, 2.05) is 109 Å². The van der Waals surface area contributed by atoms with Gasteiger partial charge in [-0.15, -0.1) is 0 Å². The van der Waals surface area contributed by atoms with Crippen molar-refractivity contribution in [1.29, 1.82) is 0 Å². The minimum Gasteiger partial charge on any atom is -0.356 e. The number of hydrogen-bond donors (Lipinski definition) is 0. The fraction of sp³-hybridized carbons (Fsp3) is 0.0435. The smallest absolute Gasteiger partial charge is 0.167 e. The van der Waals surface area contributed by atoms with Gasteiger partial charge in [0.2, 0.25) is 0 Å². The SMILES string of the molecule is CN(/N=C(/c1ccccc1)c1cc(-c2ccccc2)on1)c1ccccc1. The first kappa shape index (κ1) is 16.8. The molecule has 0 spiro atoms. The van der Waals surface area contributed by atoms with Crippen molar-refractivity contribution >= 4 is 11.4 Å². The van der Waals surface area contributed by atoms with Gasteiger partial charge in [0.25, 0.3) is 0 Å². The molecule has 0 aliphatic heterocycles. The summed E-state index contributed by atoms with van der Waals surface area (Å²) in [5.74, 6) is 0.719. The number of anilines is 1. The van der Waals surface area contributed by atoms with E-state index in [0.29, 0.717) is 5.69 Å². The molecule has 4 nitrogen and oxygen atoms in total. The van der Waals surface area contributed by atoms with Crippen molar-refractivity contribution in [3.05, 3.63) is 108 Å². The lowest BCUT2D eigenvalue weighted by atomic mass is 10.1. The summed E-state index contributed by atoms with van der Waals surface area (Å²) in [6.07, 6.45) is 0. The van der Waals surface area contributed by atoms with Crippen LogP contribution in [-0.2, 0) is 0 Å². The van der Waals surface area contributed by atoms with E-state index in [1.54, 1.807) is 0 Å². The standard InChI is InChI=1S/C23H19N3O/c1-26(20-15-9-4-10-16-20)24-23(19-13-7-3-8-14-19)21-17-22(27-25-21)18-11-5-2-6-12-18/h2-17H,1H3/b24-23-. The number of benzene rings is 3. The minimum absolute atomic E-state index is 0.697. The lowest BCUT2D eigenvalue weighted by Crippen LogP contribution is -2.15. The topological polar surface area (TPSA) is 41.6 Å². The molecule has 0 saturated heterocycles. The molecule has 0 bridgehead atoms. The molecule has 0 fully saturated rings. The van der Waals surface area contributed by atoms with Gasteiger partial charge in [0.05, 0.1) is 5.69 Å². The second-order valence-electron chi connectivity index (χ2n) is 6.12. The van der Waals surface area contributed by atoms with E-state index in [0.717, 1.165) is 28.3 Å². The maximum atomic E-state index is 5.59. The molecule has 132 valence electrons. The zero-order chi connectivity index (χ0) is 18.5. The number of para-hydroxylation sites is 1. The molecular weight excluding hydrogens is 334 g/mol. The molecule has 0 atom stereocenters. The van der Waals surface area contributed by atoms with Gasteiger partial charge in [-0.3, -0.25) is 5.01 Å². The van der Waals surface area contributed by atoms with Gasteiger partial charge in [-0.05, 0) is 12.1 Å². The highest BCUT2D eigenvalue weighted by Crippen LogP contribution is 2.22. The van der Waals surface area contributed by atoms with E-state index in [1.165, 1.54) is 0 Å². The first-order valence-electron chi connectivity index (χ1n) is 8.76. The molecule has 4 rings (SSSR count). The molecule has 27 heavy (non-hydrogen) atoms. The summed E-state index contributed by atoms with van der Waals surface area (Å²) < 4.78 is 5.59. The number of hydrogen-bond acceptors (Lipinski definition) is 4. The van der Waals surface area contributed by atoms with Crippen LogP contribution in [0.15, 0.2) is 107 Å². The van der Waals surface area contributed by atoms with Crippen LogP contribution < -0.4 is 5.01 Å². The summed E-state index contributed by atoms with van der Waals surface area (Å²) in [7, 11) is 1.93. The quantitative estimate of drug-likeness (QED) is 0.364. The van der Waals surface area contributed by atoms with E-state index < -0.39 is 0 Å². The zero-order valence-corrected chi connectivity index (χ0v) is 15.0. The van der Waals surface area contributed by atoms with Crippen LogP contribution in [0.25, 0.3) is 11.3 Å². The Kier molecular flexibility index (Phi) is 4.79. The molecule has 0 saturated carbocycles. The maximum Gasteiger partial charge on any atom is 0.167 e. The monoisotopic (exact) mass is 353 g/mol. The number of nitrogens with zero attached hydrogens (tertiary/aromatic N) is 3. The molecule has 0 aliphatic rings. The van der Waals surface area contributed by atoms with Gasteiger partial charge in [-0.2, -0.15) is 5.10 Å². The predicted octanol–water partition coefficient (Wildman–Crippen LogP) is 5.23. The number of hydrazone groups is 1. The zero-order valence-electron chi connectivity index (χ0n) is 15.0. The first-order chi connectivity index (χ1) is 13.3. The molecule has 1 aromatic heterocycles. The Bertz CT molecular complexity index is 1020. The van der Waals surface area contributed by atoms with Gasteiger partial charge in [0.1, 0.15) is 11.4 Å².